The summed E-state index contributed by atoms with van der Waals surface area (Å²) in [5, 5.41) is 3.06. The summed E-state index contributed by atoms with van der Waals surface area (Å²) in [5.74, 6) is -0.120. The zero-order chi connectivity index (χ0) is 25.7. The van der Waals surface area contributed by atoms with Gasteiger partial charge in [0.15, 0.2) is 0 Å². The van der Waals surface area contributed by atoms with E-state index in [4.69, 9.17) is 16.3 Å². The maximum atomic E-state index is 12.6. The van der Waals surface area contributed by atoms with E-state index in [1.54, 1.807) is 39.0 Å². The Morgan fingerprint density at radius 3 is 2.38 bits per heavy atom. The van der Waals surface area contributed by atoms with Gasteiger partial charge >= 0.3 is 0 Å². The minimum absolute atomic E-state index is 0.00396. The average molecular weight is 532 g/mol. The topological polar surface area (TPSA) is 122 Å². The third kappa shape index (κ3) is 7.59. The Morgan fingerprint density at radius 2 is 1.79 bits per heavy atom. The molecular formula is C22H30ClN3O6S2. The Kier molecular flexibility index (Phi) is 9.35. The molecule has 0 aromatic heterocycles. The molecule has 0 bridgehead atoms. The van der Waals surface area contributed by atoms with Crippen molar-refractivity contribution in [3.8, 4) is 5.75 Å². The lowest BCUT2D eigenvalue weighted by Crippen LogP contribution is -2.32. The number of sulfonamides is 2. The van der Waals surface area contributed by atoms with Gasteiger partial charge in [0.1, 0.15) is 5.75 Å². The number of methoxy groups -OCH3 is 1. The van der Waals surface area contributed by atoms with Gasteiger partial charge in [-0.25, -0.2) is 21.6 Å². The van der Waals surface area contributed by atoms with Gasteiger partial charge in [-0.05, 0) is 63.1 Å². The van der Waals surface area contributed by atoms with Crippen molar-refractivity contribution in [3.63, 3.8) is 0 Å². The predicted molar refractivity (Wildman–Crippen MR) is 135 cm³/mol. The zero-order valence-electron chi connectivity index (χ0n) is 19.8. The Morgan fingerprint density at radius 1 is 1.12 bits per heavy atom. The van der Waals surface area contributed by atoms with E-state index in [-0.39, 0.29) is 36.0 Å². The van der Waals surface area contributed by atoms with Gasteiger partial charge < -0.3 is 10.1 Å². The Bertz CT molecular complexity index is 1250. The smallest absolute Gasteiger partial charge is 0.240 e. The molecule has 0 unspecified atom stereocenters. The summed E-state index contributed by atoms with van der Waals surface area (Å²) in [6.45, 7) is 5.25. The second-order valence-corrected chi connectivity index (χ2v) is 12.1. The number of hydrogen-bond donors (Lipinski definition) is 2. The van der Waals surface area contributed by atoms with Gasteiger partial charge in [0.05, 0.1) is 29.6 Å². The molecule has 2 aromatic carbocycles. The Balaban J connectivity index is 2.15. The summed E-state index contributed by atoms with van der Waals surface area (Å²) in [7, 11) is -5.97. The van der Waals surface area contributed by atoms with Crippen LogP contribution in [0.5, 0.6) is 5.75 Å². The quantitative estimate of drug-likeness (QED) is 0.457. The first-order valence-electron chi connectivity index (χ1n) is 10.5. The van der Waals surface area contributed by atoms with Crippen LogP contribution >= 0.6 is 11.6 Å². The van der Waals surface area contributed by atoms with Gasteiger partial charge in [0, 0.05) is 24.0 Å². The predicted octanol–water partition coefficient (Wildman–Crippen LogP) is 3.53. The van der Waals surface area contributed by atoms with E-state index >= 15 is 0 Å². The molecule has 1 amide bonds. The molecule has 188 valence electrons. The van der Waals surface area contributed by atoms with Gasteiger partial charge in [0.2, 0.25) is 26.0 Å². The van der Waals surface area contributed by atoms with Gasteiger partial charge in [-0.3, -0.25) is 9.10 Å². The van der Waals surface area contributed by atoms with Crippen LogP contribution in [0.4, 0.5) is 11.4 Å². The number of halogens is 1. The van der Waals surface area contributed by atoms with Crippen LogP contribution in [-0.2, 0) is 24.8 Å². The highest BCUT2D eigenvalue weighted by Gasteiger charge is 2.21. The van der Waals surface area contributed by atoms with Crippen LogP contribution < -0.4 is 19.1 Å². The van der Waals surface area contributed by atoms with Crippen LogP contribution in [0, 0.1) is 6.92 Å². The van der Waals surface area contributed by atoms with Gasteiger partial charge in [-0.1, -0.05) is 17.7 Å². The van der Waals surface area contributed by atoms with Crippen LogP contribution in [0.3, 0.4) is 0 Å². The molecule has 0 saturated carbocycles. The molecule has 2 aromatic rings. The van der Waals surface area contributed by atoms with Crippen LogP contribution in [0.2, 0.25) is 5.02 Å². The lowest BCUT2D eigenvalue weighted by Gasteiger charge is -2.24. The number of rotatable bonds is 11. The van der Waals surface area contributed by atoms with E-state index in [0.29, 0.717) is 16.5 Å². The van der Waals surface area contributed by atoms with E-state index < -0.39 is 26.0 Å². The number of nitrogens with one attached hydrogen (secondary N) is 2. The van der Waals surface area contributed by atoms with Crippen molar-refractivity contribution in [1.29, 1.82) is 0 Å². The molecule has 2 N–H and O–H groups in total. The molecule has 0 fully saturated rings. The van der Waals surface area contributed by atoms with E-state index in [0.717, 1.165) is 11.8 Å². The standard InChI is InChI=1S/C22H30ClN3O6S2/c1-15(2)25-34(30,31)18-10-11-21(32-4)19(14-18)24-22(27)7-6-12-26(33(5,28)29)20-13-17(23)9-8-16(20)3/h8-11,13-15,25H,6-7,12H2,1-5H3,(H,24,27). The third-order valence-electron chi connectivity index (χ3n) is 4.75. The molecule has 0 aliphatic rings. The molecule has 0 saturated heterocycles. The van der Waals surface area contributed by atoms with Crippen molar-refractivity contribution in [2.45, 2.75) is 44.6 Å². The molecular weight excluding hydrogens is 502 g/mol. The zero-order valence-corrected chi connectivity index (χ0v) is 22.1. The summed E-state index contributed by atoms with van der Waals surface area (Å²) in [5.41, 5.74) is 1.38. The molecule has 12 heteroatoms. The molecule has 0 aliphatic heterocycles. The Hall–Kier alpha value is -2.34. The molecule has 2 rings (SSSR count). The monoisotopic (exact) mass is 531 g/mol. The maximum Gasteiger partial charge on any atom is 0.240 e. The van der Waals surface area contributed by atoms with Crippen molar-refractivity contribution >= 4 is 48.9 Å². The molecule has 0 radical (unpaired) electrons. The number of anilines is 2. The second kappa shape index (κ2) is 11.4. The van der Waals surface area contributed by atoms with Crippen molar-refractivity contribution < 1.29 is 26.4 Å². The first kappa shape index (κ1) is 27.9. The summed E-state index contributed by atoms with van der Waals surface area (Å²) in [6, 6.07) is 8.83. The highest BCUT2D eigenvalue weighted by Crippen LogP contribution is 2.29. The molecule has 0 aliphatic carbocycles. The van der Waals surface area contributed by atoms with Gasteiger partial charge in [-0.2, -0.15) is 0 Å². The SMILES string of the molecule is COc1ccc(S(=O)(=O)NC(C)C)cc1NC(=O)CCCN(c1cc(Cl)ccc1C)S(C)(=O)=O. The summed E-state index contributed by atoms with van der Waals surface area (Å²) in [6.07, 6.45) is 1.31. The number of amides is 1. The number of hydrogen-bond acceptors (Lipinski definition) is 6. The van der Waals surface area contributed by atoms with E-state index in [9.17, 15) is 21.6 Å². The number of benzene rings is 2. The van der Waals surface area contributed by atoms with Crippen molar-refractivity contribution in [1.82, 2.24) is 4.72 Å². The van der Waals surface area contributed by atoms with Crippen LogP contribution in [0.15, 0.2) is 41.3 Å². The lowest BCUT2D eigenvalue weighted by atomic mass is 10.2. The number of carbonyl (C=O) groups is 1. The second-order valence-electron chi connectivity index (χ2n) is 8.06. The van der Waals surface area contributed by atoms with Gasteiger partial charge in [-0.15, -0.1) is 0 Å². The average Bonchev–Trinajstić information content (AvgIpc) is 2.71. The highest BCUT2D eigenvalue weighted by atomic mass is 35.5. The minimum Gasteiger partial charge on any atom is -0.495 e. The summed E-state index contributed by atoms with van der Waals surface area (Å²) in [4.78, 5) is 12.6. The van der Waals surface area contributed by atoms with Crippen LogP contribution in [-0.4, -0.2) is 48.7 Å². The number of ether oxygens (including phenoxy) is 1. The van der Waals surface area contributed by atoms with Crippen molar-refractivity contribution in [2.24, 2.45) is 0 Å². The Labute approximate surface area is 206 Å². The first-order valence-corrected chi connectivity index (χ1v) is 14.2. The number of nitrogens with zero attached hydrogens (tertiary/aromatic N) is 1. The van der Waals surface area contributed by atoms with E-state index in [2.05, 4.69) is 10.0 Å². The normalized spacial score (nSPS) is 12.0. The van der Waals surface area contributed by atoms with Gasteiger partial charge in [0.25, 0.3) is 0 Å². The van der Waals surface area contributed by atoms with Crippen molar-refractivity contribution in [2.75, 3.05) is 29.5 Å². The summed E-state index contributed by atoms with van der Waals surface area (Å²) < 4.78 is 58.6. The molecule has 0 spiro atoms. The molecule has 34 heavy (non-hydrogen) atoms. The van der Waals surface area contributed by atoms with E-state index in [1.165, 1.54) is 29.6 Å². The fourth-order valence-electron chi connectivity index (χ4n) is 3.24. The van der Waals surface area contributed by atoms with Crippen molar-refractivity contribution in [3.05, 3.63) is 47.0 Å². The fourth-order valence-corrected chi connectivity index (χ4v) is 5.70. The first-order chi connectivity index (χ1) is 15.7. The maximum absolute atomic E-state index is 12.6. The number of aryl methyl sites for hydroxylation is 1. The molecule has 0 atom stereocenters. The summed E-state index contributed by atoms with van der Waals surface area (Å²) >= 11 is 6.04. The van der Waals surface area contributed by atoms with Crippen LogP contribution in [0.1, 0.15) is 32.3 Å². The fraction of sp³-hybridized carbons (Fsp3) is 0.409. The third-order valence-corrected chi connectivity index (χ3v) is 7.82. The van der Waals surface area contributed by atoms with Crippen LogP contribution in [0.25, 0.3) is 0 Å². The number of carbonyl (C=O) groups excluding carboxylic acids is 1. The molecule has 0 heterocycles. The minimum atomic E-state index is -3.77. The highest BCUT2D eigenvalue weighted by molar-refractivity contribution is 7.92. The molecule has 9 nitrogen and oxygen atoms in total. The van der Waals surface area contributed by atoms with E-state index in [1.807, 2.05) is 0 Å². The largest absolute Gasteiger partial charge is 0.495 e. The lowest BCUT2D eigenvalue weighted by molar-refractivity contribution is -0.116.